The van der Waals surface area contributed by atoms with Gasteiger partial charge in [-0.05, 0) is 69.0 Å². The fourth-order valence-corrected chi connectivity index (χ4v) is 4.02. The van der Waals surface area contributed by atoms with Crippen molar-refractivity contribution in [3.63, 3.8) is 0 Å². The fourth-order valence-electron chi connectivity index (χ4n) is 3.86. The van der Waals surface area contributed by atoms with Crippen molar-refractivity contribution in [1.29, 1.82) is 0 Å². The second kappa shape index (κ2) is 8.24. The molecule has 0 atom stereocenters. The first-order valence-corrected chi connectivity index (χ1v) is 10.0. The summed E-state index contributed by atoms with van der Waals surface area (Å²) >= 11 is 6.09. The molecule has 0 unspecified atom stereocenters. The third-order valence-corrected chi connectivity index (χ3v) is 5.54. The predicted molar refractivity (Wildman–Crippen MR) is 112 cm³/mol. The summed E-state index contributed by atoms with van der Waals surface area (Å²) in [5.74, 6) is 0. The van der Waals surface area contributed by atoms with Crippen LogP contribution in [0.5, 0.6) is 0 Å². The zero-order valence-corrected chi connectivity index (χ0v) is 16.3. The van der Waals surface area contributed by atoms with Gasteiger partial charge in [0.25, 0.3) is 0 Å². The van der Waals surface area contributed by atoms with Crippen molar-refractivity contribution in [2.45, 2.75) is 51.2 Å². The van der Waals surface area contributed by atoms with E-state index in [1.165, 1.54) is 12.8 Å². The Labute approximate surface area is 165 Å². The van der Waals surface area contributed by atoms with E-state index in [2.05, 4.69) is 44.9 Å². The molecule has 5 heteroatoms. The number of halogens is 1. The number of benzene rings is 1. The molecule has 4 nitrogen and oxygen atoms in total. The molecular weight excluding hydrogens is 356 g/mol. The number of nitrogens with one attached hydrogen (secondary N) is 2. The Morgan fingerprint density at radius 1 is 1.04 bits per heavy atom. The molecule has 3 aromatic rings. The molecule has 1 aromatic carbocycles. The summed E-state index contributed by atoms with van der Waals surface area (Å²) < 4.78 is 0. The highest BCUT2D eigenvalue weighted by Gasteiger charge is 2.21. The van der Waals surface area contributed by atoms with Gasteiger partial charge >= 0.3 is 0 Å². The SMILES string of the molecule is Cc1cccc(CNC2CCC(Nc3ccnc4cc(Cl)ccc34)CC2)n1. The largest absolute Gasteiger partial charge is 0.382 e. The molecule has 27 heavy (non-hydrogen) atoms. The first-order valence-electron chi connectivity index (χ1n) is 9.64. The minimum absolute atomic E-state index is 0.501. The van der Waals surface area contributed by atoms with Gasteiger partial charge in [0, 0.05) is 46.6 Å². The van der Waals surface area contributed by atoms with E-state index < -0.39 is 0 Å². The minimum Gasteiger partial charge on any atom is -0.382 e. The standard InChI is InChI=1S/C22H25ClN4/c1-15-3-2-4-19(26-15)14-25-17-6-8-18(9-7-17)27-21-11-12-24-22-13-16(23)5-10-20(21)22/h2-5,10-13,17-18,25H,6-9,14H2,1H3,(H,24,27). The number of aromatic nitrogens is 2. The molecule has 0 saturated heterocycles. The highest BCUT2D eigenvalue weighted by molar-refractivity contribution is 6.31. The van der Waals surface area contributed by atoms with E-state index in [1.54, 1.807) is 0 Å². The van der Waals surface area contributed by atoms with Gasteiger partial charge in [-0.1, -0.05) is 17.7 Å². The lowest BCUT2D eigenvalue weighted by Crippen LogP contribution is -2.36. The third-order valence-electron chi connectivity index (χ3n) is 5.31. The number of hydrogen-bond donors (Lipinski definition) is 2. The van der Waals surface area contributed by atoms with E-state index in [0.29, 0.717) is 12.1 Å². The Kier molecular flexibility index (Phi) is 5.55. The highest BCUT2D eigenvalue weighted by Crippen LogP contribution is 2.28. The molecule has 140 valence electrons. The van der Waals surface area contributed by atoms with Crippen LogP contribution in [-0.2, 0) is 6.54 Å². The molecule has 0 spiro atoms. The van der Waals surface area contributed by atoms with E-state index in [1.807, 2.05) is 31.3 Å². The normalized spacial score (nSPS) is 19.9. The van der Waals surface area contributed by atoms with Gasteiger partial charge < -0.3 is 10.6 Å². The topological polar surface area (TPSA) is 49.8 Å². The van der Waals surface area contributed by atoms with Crippen molar-refractivity contribution < 1.29 is 0 Å². The van der Waals surface area contributed by atoms with Crippen LogP contribution in [-0.4, -0.2) is 22.1 Å². The van der Waals surface area contributed by atoms with Crippen molar-refractivity contribution in [1.82, 2.24) is 15.3 Å². The molecule has 4 rings (SSSR count). The number of pyridine rings is 2. The van der Waals surface area contributed by atoms with Crippen LogP contribution < -0.4 is 10.6 Å². The first kappa shape index (κ1) is 18.2. The van der Waals surface area contributed by atoms with E-state index in [0.717, 1.165) is 52.4 Å². The van der Waals surface area contributed by atoms with Crippen LogP contribution in [0.25, 0.3) is 10.9 Å². The van der Waals surface area contributed by atoms with Crippen LogP contribution in [0, 0.1) is 6.92 Å². The maximum atomic E-state index is 6.09. The second-order valence-electron chi connectivity index (χ2n) is 7.36. The maximum absolute atomic E-state index is 6.09. The van der Waals surface area contributed by atoms with Crippen molar-refractivity contribution in [2.24, 2.45) is 0 Å². The molecule has 0 bridgehead atoms. The maximum Gasteiger partial charge on any atom is 0.0737 e. The summed E-state index contributed by atoms with van der Waals surface area (Å²) in [6, 6.07) is 15.2. The lowest BCUT2D eigenvalue weighted by molar-refractivity contribution is 0.352. The predicted octanol–water partition coefficient (Wildman–Crippen LogP) is 5.10. The summed E-state index contributed by atoms with van der Waals surface area (Å²) in [6.07, 6.45) is 6.53. The minimum atomic E-state index is 0.501. The summed E-state index contributed by atoms with van der Waals surface area (Å²) in [6.45, 7) is 2.89. The van der Waals surface area contributed by atoms with Crippen LogP contribution in [0.3, 0.4) is 0 Å². The Hall–Kier alpha value is -2.17. The summed E-state index contributed by atoms with van der Waals surface area (Å²) in [5.41, 5.74) is 4.29. The Morgan fingerprint density at radius 2 is 1.85 bits per heavy atom. The van der Waals surface area contributed by atoms with E-state index in [9.17, 15) is 0 Å². The molecule has 2 heterocycles. The second-order valence-corrected chi connectivity index (χ2v) is 7.80. The van der Waals surface area contributed by atoms with E-state index in [-0.39, 0.29) is 0 Å². The molecule has 1 saturated carbocycles. The molecule has 1 aliphatic rings. The smallest absolute Gasteiger partial charge is 0.0737 e. The Morgan fingerprint density at radius 3 is 2.67 bits per heavy atom. The zero-order chi connectivity index (χ0) is 18.6. The number of nitrogens with zero attached hydrogens (tertiary/aromatic N) is 2. The van der Waals surface area contributed by atoms with Crippen LogP contribution in [0.15, 0.2) is 48.7 Å². The fraction of sp³-hybridized carbons (Fsp3) is 0.364. The zero-order valence-electron chi connectivity index (χ0n) is 15.6. The monoisotopic (exact) mass is 380 g/mol. The Balaban J connectivity index is 1.32. The van der Waals surface area contributed by atoms with Gasteiger partial charge in [0.05, 0.1) is 11.2 Å². The van der Waals surface area contributed by atoms with Gasteiger partial charge in [0.15, 0.2) is 0 Å². The third kappa shape index (κ3) is 4.57. The Bertz CT molecular complexity index is 919. The summed E-state index contributed by atoms with van der Waals surface area (Å²) in [7, 11) is 0. The molecular formula is C22H25ClN4. The number of aryl methyl sites for hydroxylation is 1. The number of hydrogen-bond acceptors (Lipinski definition) is 4. The van der Waals surface area contributed by atoms with Crippen molar-refractivity contribution in [3.05, 3.63) is 65.1 Å². The molecule has 2 aromatic heterocycles. The lowest BCUT2D eigenvalue weighted by Gasteiger charge is -2.30. The quantitative estimate of drug-likeness (QED) is 0.646. The number of rotatable bonds is 5. The number of anilines is 1. The van der Waals surface area contributed by atoms with Crippen LogP contribution >= 0.6 is 11.6 Å². The van der Waals surface area contributed by atoms with Crippen LogP contribution in [0.1, 0.15) is 37.1 Å². The van der Waals surface area contributed by atoms with Gasteiger partial charge in [-0.25, -0.2) is 0 Å². The molecule has 2 N–H and O–H groups in total. The summed E-state index contributed by atoms with van der Waals surface area (Å²) in [4.78, 5) is 9.00. The van der Waals surface area contributed by atoms with Gasteiger partial charge in [-0.3, -0.25) is 9.97 Å². The van der Waals surface area contributed by atoms with Gasteiger partial charge in [0.2, 0.25) is 0 Å². The van der Waals surface area contributed by atoms with Gasteiger partial charge in [-0.15, -0.1) is 0 Å². The average Bonchev–Trinajstić information content (AvgIpc) is 2.67. The van der Waals surface area contributed by atoms with Crippen molar-refractivity contribution >= 4 is 28.2 Å². The first-order chi connectivity index (χ1) is 13.2. The van der Waals surface area contributed by atoms with Gasteiger partial charge in [-0.2, -0.15) is 0 Å². The highest BCUT2D eigenvalue weighted by atomic mass is 35.5. The average molecular weight is 381 g/mol. The van der Waals surface area contributed by atoms with E-state index >= 15 is 0 Å². The summed E-state index contributed by atoms with van der Waals surface area (Å²) in [5, 5.41) is 9.25. The molecule has 0 radical (unpaired) electrons. The number of fused-ring (bicyclic) bond motifs is 1. The molecule has 0 amide bonds. The van der Waals surface area contributed by atoms with Crippen molar-refractivity contribution in [3.8, 4) is 0 Å². The van der Waals surface area contributed by atoms with Crippen LogP contribution in [0.2, 0.25) is 5.02 Å². The molecule has 1 fully saturated rings. The van der Waals surface area contributed by atoms with E-state index in [4.69, 9.17) is 11.6 Å². The molecule has 0 aliphatic heterocycles. The van der Waals surface area contributed by atoms with Crippen LogP contribution in [0.4, 0.5) is 5.69 Å². The lowest BCUT2D eigenvalue weighted by atomic mass is 9.91. The van der Waals surface area contributed by atoms with Gasteiger partial charge in [0.1, 0.15) is 0 Å². The molecule has 1 aliphatic carbocycles. The van der Waals surface area contributed by atoms with Crippen molar-refractivity contribution in [2.75, 3.05) is 5.32 Å².